The van der Waals surface area contributed by atoms with Gasteiger partial charge in [0.15, 0.2) is 36.4 Å². The van der Waals surface area contributed by atoms with Crippen molar-refractivity contribution in [2.45, 2.75) is 135 Å². The van der Waals surface area contributed by atoms with Crippen LogP contribution in [0, 0.1) is 0 Å². The van der Waals surface area contributed by atoms with E-state index in [-0.39, 0.29) is 0 Å². The highest BCUT2D eigenvalue weighted by Crippen LogP contribution is 2.57. The fourth-order valence-corrected chi connectivity index (χ4v) is 6.82. The van der Waals surface area contributed by atoms with Crippen LogP contribution in [0.15, 0.2) is 0 Å². The molecule has 4 fully saturated rings. The van der Waals surface area contributed by atoms with Gasteiger partial charge < -0.3 is 105 Å². The molecule has 0 aliphatic carbocycles. The van der Waals surface area contributed by atoms with Crippen LogP contribution in [-0.2, 0) is 23.7 Å². The minimum absolute atomic E-state index is 0.691. The number of aliphatic hydroxyl groups excluding tert-OH is 14. The van der Waals surface area contributed by atoms with Crippen molar-refractivity contribution in [3.8, 4) is 0 Å². The summed E-state index contributed by atoms with van der Waals surface area (Å²) in [4.78, 5) is 0. The molecule has 45 heavy (non-hydrogen) atoms. The van der Waals surface area contributed by atoms with Gasteiger partial charge in [-0.15, -0.1) is 0 Å². The summed E-state index contributed by atoms with van der Waals surface area (Å²) in [6.45, 7) is -1.01. The van der Waals surface area contributed by atoms with Crippen molar-refractivity contribution < 1.29 is 105 Å². The summed E-state index contributed by atoms with van der Waals surface area (Å²) < 4.78 is 26.6. The molecule has 20 atom stereocenters. The maximum absolute atomic E-state index is 12.6. The molecule has 4 rings (SSSR count). The van der Waals surface area contributed by atoms with Gasteiger partial charge in [-0.3, -0.25) is 0 Å². The molecule has 0 radical (unpaired) electrons. The zero-order chi connectivity index (χ0) is 34.2. The molecule has 0 bridgehead atoms. The Hall–Kier alpha value is -0.840. The first kappa shape index (κ1) is 37.0. The Balaban J connectivity index is 1.93. The summed E-state index contributed by atoms with van der Waals surface area (Å²) in [6.07, 6.45) is -36.8. The molecule has 0 saturated carbocycles. The summed E-state index contributed by atoms with van der Waals surface area (Å²) in [7, 11) is 0. The lowest BCUT2D eigenvalue weighted by molar-refractivity contribution is -0.478. The van der Waals surface area contributed by atoms with Crippen molar-refractivity contribution in [1.29, 1.82) is 0 Å². The molecule has 16 N–H and O–H groups in total. The molecule has 0 spiro atoms. The van der Waals surface area contributed by atoms with Crippen LogP contribution in [0.3, 0.4) is 0 Å². The van der Waals surface area contributed by atoms with E-state index < -0.39 is 134 Å². The van der Waals surface area contributed by atoms with Gasteiger partial charge >= 0.3 is 0 Å². The molecule has 21 heteroatoms. The lowest BCUT2D eigenvalue weighted by atomic mass is 9.54. The van der Waals surface area contributed by atoms with Crippen LogP contribution in [0.5, 0.6) is 0 Å². The third-order valence-corrected chi connectivity index (χ3v) is 9.63. The zero-order valence-electron chi connectivity index (χ0n) is 23.8. The summed E-state index contributed by atoms with van der Waals surface area (Å²) in [6, 6.07) is 0. The third kappa shape index (κ3) is 5.06. The Morgan fingerprint density at radius 2 is 0.978 bits per heavy atom. The average Bonchev–Trinajstić information content (AvgIpc) is 3.00. The number of hydrogen-bond donors (Lipinski definition) is 16. The van der Waals surface area contributed by atoms with Crippen LogP contribution in [-0.4, -0.2) is 216 Å². The second kappa shape index (κ2) is 12.6. The van der Waals surface area contributed by atoms with Crippen molar-refractivity contribution in [2.24, 2.45) is 0 Å². The van der Waals surface area contributed by atoms with Crippen LogP contribution in [0.25, 0.3) is 0 Å². The van der Waals surface area contributed by atoms with Gasteiger partial charge in [-0.1, -0.05) is 0 Å². The predicted octanol–water partition coefficient (Wildman–Crippen LogP) is -10.3. The van der Waals surface area contributed by atoms with E-state index in [4.69, 9.17) is 23.7 Å². The lowest BCUT2D eigenvalue weighted by Gasteiger charge is -2.68. The summed E-state index contributed by atoms with van der Waals surface area (Å²) >= 11 is 0. The molecule has 4 heterocycles. The van der Waals surface area contributed by atoms with Gasteiger partial charge in [0, 0.05) is 0 Å². The molecule has 0 aromatic rings. The van der Waals surface area contributed by atoms with Gasteiger partial charge in [0.25, 0.3) is 0 Å². The summed E-state index contributed by atoms with van der Waals surface area (Å²) in [5, 5.41) is 172. The monoisotopic (exact) mass is 666 g/mol. The Morgan fingerprint density at radius 1 is 0.533 bits per heavy atom. The highest BCUT2D eigenvalue weighted by atomic mass is 16.7. The van der Waals surface area contributed by atoms with Gasteiger partial charge in [-0.25, -0.2) is 0 Å². The van der Waals surface area contributed by atoms with Crippen molar-refractivity contribution in [3.05, 3.63) is 0 Å². The average molecular weight is 667 g/mol. The summed E-state index contributed by atoms with van der Waals surface area (Å²) in [5.41, 5.74) is -13.7. The molecule has 4 aliphatic rings. The van der Waals surface area contributed by atoms with E-state index in [0.717, 1.165) is 6.92 Å². The van der Waals surface area contributed by atoms with E-state index in [2.05, 4.69) is 0 Å². The van der Waals surface area contributed by atoms with E-state index in [1.807, 2.05) is 0 Å². The van der Waals surface area contributed by atoms with Crippen molar-refractivity contribution in [3.63, 3.8) is 0 Å². The second-order valence-electron chi connectivity index (χ2n) is 12.1. The minimum Gasteiger partial charge on any atom is -0.394 e. The van der Waals surface area contributed by atoms with E-state index >= 15 is 0 Å². The zero-order valence-corrected chi connectivity index (χ0v) is 23.8. The molecule has 4 saturated heterocycles. The molecule has 264 valence electrons. The number of hydrogen-bond acceptors (Lipinski definition) is 21. The van der Waals surface area contributed by atoms with Gasteiger partial charge in [0.05, 0.1) is 13.2 Å². The van der Waals surface area contributed by atoms with Gasteiger partial charge in [0.2, 0.25) is 0 Å². The van der Waals surface area contributed by atoms with Crippen LogP contribution >= 0.6 is 0 Å². The predicted molar refractivity (Wildman–Crippen MR) is 134 cm³/mol. The fourth-order valence-electron chi connectivity index (χ4n) is 6.82. The molecule has 0 aromatic heterocycles. The Labute approximate surface area is 253 Å². The number of rotatable bonds is 6. The van der Waals surface area contributed by atoms with Crippen LogP contribution in [0.1, 0.15) is 13.8 Å². The first-order valence-corrected chi connectivity index (χ1v) is 13.9. The van der Waals surface area contributed by atoms with E-state index in [9.17, 15) is 81.7 Å². The van der Waals surface area contributed by atoms with Crippen LogP contribution in [0.2, 0.25) is 0 Å². The molecule has 0 aromatic carbocycles. The topological polar surface area (TPSA) is 370 Å². The van der Waals surface area contributed by atoms with Crippen LogP contribution < -0.4 is 0 Å². The molecule has 4 unspecified atom stereocenters. The lowest BCUT2D eigenvalue weighted by Crippen LogP contribution is -2.93. The number of aliphatic hydroxyl groups is 16. The van der Waals surface area contributed by atoms with Crippen molar-refractivity contribution >= 4 is 0 Å². The largest absolute Gasteiger partial charge is 0.394 e. The standard InChI is InChI=1S/C24H42O21/c1-21(14(33)8(28)11(31)18(37)44-21)23(39)6(4-26)42-20(43-13-5(3-25)41-17(36)10(30)7(13)27)16(35)24(23,40)22(2)15(34)9(29)12(32)19(38)45-22/h5-20,25-40H,3-4H2,1-2H3/t5-,6-,7-,8+,9+,10?,11+,12+,13-,14+,15+,16+,17?,18?,19?,20+,21+,22+,23+,24-/m1/s1. The van der Waals surface area contributed by atoms with E-state index in [0.29, 0.717) is 6.92 Å². The number of ether oxygens (including phenoxy) is 5. The Morgan fingerprint density at radius 3 is 1.42 bits per heavy atom. The van der Waals surface area contributed by atoms with Crippen LogP contribution in [0.4, 0.5) is 0 Å². The highest BCUT2D eigenvalue weighted by Gasteiger charge is 2.83. The van der Waals surface area contributed by atoms with E-state index in [1.54, 1.807) is 0 Å². The van der Waals surface area contributed by atoms with Gasteiger partial charge in [-0.05, 0) is 13.8 Å². The van der Waals surface area contributed by atoms with Crippen molar-refractivity contribution in [1.82, 2.24) is 0 Å². The molecule has 4 aliphatic heterocycles. The molecule has 21 nitrogen and oxygen atoms in total. The molecule has 0 amide bonds. The maximum atomic E-state index is 12.6. The highest BCUT2D eigenvalue weighted by molar-refractivity contribution is 5.31. The third-order valence-electron chi connectivity index (χ3n) is 9.63. The van der Waals surface area contributed by atoms with Gasteiger partial charge in [0.1, 0.15) is 84.4 Å². The van der Waals surface area contributed by atoms with Gasteiger partial charge in [-0.2, -0.15) is 0 Å². The van der Waals surface area contributed by atoms with E-state index in [1.165, 1.54) is 0 Å². The normalized spacial score (nSPS) is 59.6. The Kier molecular flexibility index (Phi) is 10.3. The fraction of sp³-hybridized carbons (Fsp3) is 1.00. The Bertz CT molecular complexity index is 1040. The smallest absolute Gasteiger partial charge is 0.187 e. The SMILES string of the molecule is C[C@]1([C@@]2(O)[C@@H](CO)O[C@@H](O[C@H]3[C@H](O)C(O)C(O)O[C@@H]3CO)[C@H](O)[C@@]2(O)[C@@]2(C)OC(O)[C@@H](O)[C@H](O)[C@@H]2O)OC(O)[C@@H](O)[C@H](O)[C@@H]1O. The molecular formula is C24H42O21. The second-order valence-corrected chi connectivity index (χ2v) is 12.1. The minimum atomic E-state index is -3.80. The molecular weight excluding hydrogens is 624 g/mol. The summed E-state index contributed by atoms with van der Waals surface area (Å²) in [5.74, 6) is 0. The maximum Gasteiger partial charge on any atom is 0.187 e. The van der Waals surface area contributed by atoms with Crippen molar-refractivity contribution in [2.75, 3.05) is 13.2 Å². The first-order chi connectivity index (χ1) is 20.7. The first-order valence-electron chi connectivity index (χ1n) is 13.9. The quantitative estimate of drug-likeness (QED) is 0.125.